The summed E-state index contributed by atoms with van der Waals surface area (Å²) >= 11 is 0. The normalized spacial score (nSPS) is 17.8. The molecule has 2 aliphatic rings. The quantitative estimate of drug-likeness (QED) is 0.0659. The smallest absolute Gasteiger partial charge is 0.410 e. The molecule has 6 rings (SSSR count). The van der Waals surface area contributed by atoms with Gasteiger partial charge in [0.1, 0.15) is 36.3 Å². The second-order valence-corrected chi connectivity index (χ2v) is 32.6. The molecule has 2 aromatic carbocycles. The molecule has 2 aromatic heterocycles. The van der Waals surface area contributed by atoms with Crippen LogP contribution in [0.5, 0.6) is 0 Å². The van der Waals surface area contributed by atoms with E-state index < -0.39 is 27.3 Å². The van der Waals surface area contributed by atoms with Gasteiger partial charge in [0.05, 0.1) is 35.0 Å². The lowest BCUT2D eigenvalue weighted by atomic mass is 10.1. The molecule has 2 fully saturated rings. The Labute approximate surface area is 372 Å². The number of nitrogens with zero attached hydrogens (tertiary/aromatic N) is 6. The van der Waals surface area contributed by atoms with Gasteiger partial charge in [-0.3, -0.25) is 9.80 Å². The van der Waals surface area contributed by atoms with Crippen LogP contribution >= 0.6 is 0 Å². The monoisotopic (exact) mass is 885 g/mol. The van der Waals surface area contributed by atoms with Gasteiger partial charge >= 0.3 is 12.2 Å². The van der Waals surface area contributed by atoms with Crippen molar-refractivity contribution in [2.24, 2.45) is 0 Å². The van der Waals surface area contributed by atoms with Gasteiger partial charge < -0.3 is 28.1 Å². The van der Waals surface area contributed by atoms with Crippen molar-refractivity contribution < 1.29 is 28.5 Å². The lowest BCUT2D eigenvalue weighted by Gasteiger charge is -2.29. The van der Waals surface area contributed by atoms with Crippen LogP contribution in [0, 0.1) is 0 Å². The van der Waals surface area contributed by atoms with E-state index in [4.69, 9.17) is 28.9 Å². The fourth-order valence-corrected chi connectivity index (χ4v) is 9.36. The van der Waals surface area contributed by atoms with Gasteiger partial charge in [0, 0.05) is 42.5 Å². The van der Waals surface area contributed by atoms with Crippen molar-refractivity contribution >= 4 is 51.5 Å². The van der Waals surface area contributed by atoms with E-state index in [0.29, 0.717) is 39.8 Å². The molecule has 0 spiro atoms. The largest absolute Gasteiger partial charge is 0.444 e. The lowest BCUT2D eigenvalue weighted by molar-refractivity contribution is 0.0195. The molecule has 0 saturated carbocycles. The van der Waals surface area contributed by atoms with Crippen LogP contribution in [-0.2, 0) is 32.4 Å². The minimum Gasteiger partial charge on any atom is -0.444 e. The van der Waals surface area contributed by atoms with Crippen molar-refractivity contribution in [3.63, 3.8) is 0 Å². The van der Waals surface area contributed by atoms with Gasteiger partial charge in [-0.25, -0.2) is 19.6 Å². The maximum Gasteiger partial charge on any atom is 0.410 e. The number of hydrogen-bond acceptors (Lipinski definition) is 8. The standard InChI is InChI=1S/C48H72N6O6Si2/c1-47(2,3)59-45(55)51-25-13-15-39(51)43-49-32-42(54(43)34-58-28-30-62(10,11)12)37-22-19-35(20-23-37)17-18-36-21-24-38-41(31-36)53(33-57-27-29-61(7,8)9)44(50-38)40-16-14-26-52(40)46(56)60-48(4,5)6/h17-24,31-32,39-40H,13-16,25-30,33-34H2,1-12H3/t39-,40-/m0/s1. The summed E-state index contributed by atoms with van der Waals surface area (Å²) < 4.78 is 28.6. The van der Waals surface area contributed by atoms with E-state index in [1.165, 1.54) is 0 Å². The topological polar surface area (TPSA) is 113 Å². The Balaban J connectivity index is 1.25. The van der Waals surface area contributed by atoms with Gasteiger partial charge in [-0.2, -0.15) is 0 Å². The van der Waals surface area contributed by atoms with E-state index in [1.807, 2.05) is 57.5 Å². The number of rotatable bonds is 15. The van der Waals surface area contributed by atoms with Gasteiger partial charge in [0.15, 0.2) is 0 Å². The zero-order valence-electron chi connectivity index (χ0n) is 39.5. The average molecular weight is 885 g/mol. The Hall–Kier alpha value is -4.25. The molecular formula is C48H72N6O6Si2. The van der Waals surface area contributed by atoms with E-state index in [0.717, 1.165) is 82.8 Å². The maximum atomic E-state index is 13.3. The first-order valence-electron chi connectivity index (χ1n) is 22.5. The Kier molecular flexibility index (Phi) is 14.7. The van der Waals surface area contributed by atoms with Crippen molar-refractivity contribution in [1.29, 1.82) is 0 Å². The molecule has 0 bridgehead atoms. The molecule has 2 amide bonds. The summed E-state index contributed by atoms with van der Waals surface area (Å²) in [6, 6.07) is 16.6. The van der Waals surface area contributed by atoms with E-state index in [1.54, 1.807) is 0 Å². The number of benzene rings is 2. The fraction of sp³-hybridized carbons (Fsp3) is 0.583. The van der Waals surface area contributed by atoms with Crippen LogP contribution in [0.25, 0.3) is 34.4 Å². The summed E-state index contributed by atoms with van der Waals surface area (Å²) in [5, 5.41) is 0. The van der Waals surface area contributed by atoms with E-state index in [9.17, 15) is 9.59 Å². The first kappa shape index (κ1) is 47.2. The molecule has 338 valence electrons. The molecule has 2 saturated heterocycles. The number of imidazole rings is 2. The minimum atomic E-state index is -1.28. The highest BCUT2D eigenvalue weighted by molar-refractivity contribution is 6.76. The van der Waals surface area contributed by atoms with Crippen molar-refractivity contribution in [2.75, 3.05) is 26.3 Å². The van der Waals surface area contributed by atoms with Gasteiger partial charge in [-0.1, -0.05) is 81.8 Å². The van der Waals surface area contributed by atoms with Crippen molar-refractivity contribution in [1.82, 2.24) is 28.9 Å². The van der Waals surface area contributed by atoms with Crippen LogP contribution in [-0.4, -0.2) is 94.7 Å². The fourth-order valence-electron chi connectivity index (χ4n) is 7.85. The molecule has 2 aliphatic heterocycles. The molecule has 2 atom stereocenters. The zero-order chi connectivity index (χ0) is 45.0. The summed E-state index contributed by atoms with van der Waals surface area (Å²) in [7, 11) is -2.57. The first-order chi connectivity index (χ1) is 29.1. The van der Waals surface area contributed by atoms with Gasteiger partial charge in [-0.15, -0.1) is 0 Å². The number of ether oxygens (including phenoxy) is 4. The molecule has 0 N–H and O–H groups in total. The third kappa shape index (κ3) is 12.7. The zero-order valence-corrected chi connectivity index (χ0v) is 41.5. The number of amides is 2. The van der Waals surface area contributed by atoms with E-state index in [-0.39, 0.29) is 24.3 Å². The number of carbonyl (C=O) groups is 2. The van der Waals surface area contributed by atoms with Crippen LogP contribution in [0.2, 0.25) is 51.4 Å². The molecule has 4 aromatic rings. The van der Waals surface area contributed by atoms with Gasteiger partial charge in [0.2, 0.25) is 0 Å². The minimum absolute atomic E-state index is 0.190. The predicted octanol–water partition coefficient (Wildman–Crippen LogP) is 11.8. The summed E-state index contributed by atoms with van der Waals surface area (Å²) in [5.74, 6) is 1.66. The average Bonchev–Trinajstić information content (AvgIpc) is 3.98. The Morgan fingerprint density at radius 3 is 1.73 bits per heavy atom. The molecule has 62 heavy (non-hydrogen) atoms. The number of likely N-dealkylation sites (tertiary alicyclic amines) is 2. The van der Waals surface area contributed by atoms with Crippen molar-refractivity contribution in [3.05, 3.63) is 71.4 Å². The van der Waals surface area contributed by atoms with Gasteiger partial charge in [-0.05, 0) is 108 Å². The molecule has 14 heteroatoms. The molecule has 12 nitrogen and oxygen atoms in total. The number of carbonyl (C=O) groups excluding carboxylic acids is 2. The molecule has 0 aliphatic carbocycles. The van der Waals surface area contributed by atoms with Gasteiger partial charge in [0.25, 0.3) is 0 Å². The highest BCUT2D eigenvalue weighted by Gasteiger charge is 2.38. The lowest BCUT2D eigenvalue weighted by Crippen LogP contribution is -2.37. The van der Waals surface area contributed by atoms with Crippen molar-refractivity contribution in [3.8, 4) is 11.3 Å². The number of fused-ring (bicyclic) bond motifs is 1. The molecule has 0 unspecified atom stereocenters. The predicted molar refractivity (Wildman–Crippen MR) is 254 cm³/mol. The number of hydrogen-bond donors (Lipinski definition) is 0. The molecule has 0 radical (unpaired) electrons. The highest BCUT2D eigenvalue weighted by atomic mass is 28.3. The Bertz CT molecular complexity index is 2190. The highest BCUT2D eigenvalue weighted by Crippen LogP contribution is 2.37. The molecule has 4 heterocycles. The third-order valence-electron chi connectivity index (χ3n) is 11.2. The summed E-state index contributed by atoms with van der Waals surface area (Å²) in [5.41, 5.74) is 4.76. The third-order valence-corrected chi connectivity index (χ3v) is 14.6. The second kappa shape index (κ2) is 19.2. The maximum absolute atomic E-state index is 13.3. The Morgan fingerprint density at radius 2 is 1.19 bits per heavy atom. The summed E-state index contributed by atoms with van der Waals surface area (Å²) in [6.45, 7) is 28.9. The van der Waals surface area contributed by atoms with Crippen LogP contribution in [0.4, 0.5) is 9.59 Å². The van der Waals surface area contributed by atoms with Crippen LogP contribution in [0.1, 0.15) is 102 Å². The van der Waals surface area contributed by atoms with Crippen LogP contribution in [0.3, 0.4) is 0 Å². The van der Waals surface area contributed by atoms with Crippen molar-refractivity contribution in [2.45, 2.75) is 155 Å². The molecular weight excluding hydrogens is 813 g/mol. The summed E-state index contributed by atoms with van der Waals surface area (Å²) in [6.07, 6.45) is 8.96. The SMILES string of the molecule is CC(C)(C)OC(=O)N1CCC[C@H]1c1ncc(-c2ccc(C=Cc3ccc4nc([C@@H]5CCCN5C(=O)OC(C)(C)C)n(COCC[Si](C)(C)C)c4c3)cc2)n1COCC[Si](C)(C)C. The van der Waals surface area contributed by atoms with Crippen LogP contribution in [0.15, 0.2) is 48.7 Å². The first-order valence-corrected chi connectivity index (χ1v) is 30.0. The summed E-state index contributed by atoms with van der Waals surface area (Å²) in [4.78, 5) is 40.4. The van der Waals surface area contributed by atoms with E-state index >= 15 is 0 Å². The second-order valence-electron chi connectivity index (χ2n) is 21.4. The number of aromatic nitrogens is 4. The van der Waals surface area contributed by atoms with E-state index in [2.05, 4.69) is 103 Å². The Morgan fingerprint density at radius 1 is 0.694 bits per heavy atom. The van der Waals surface area contributed by atoms with Crippen LogP contribution < -0.4 is 0 Å².